The van der Waals surface area contributed by atoms with Gasteiger partial charge >= 0.3 is 6.18 Å². The van der Waals surface area contributed by atoms with E-state index in [0.717, 1.165) is 50.6 Å². The normalized spacial score (nSPS) is 11.6. The average molecular weight is 1500 g/mol. The van der Waals surface area contributed by atoms with Crippen LogP contribution in [0.3, 0.4) is 0 Å². The maximum atomic E-state index is 16.1. The minimum absolute atomic E-state index is 0.161. The number of benzene rings is 14. The van der Waals surface area contributed by atoms with Crippen LogP contribution < -0.4 is 0 Å². The highest BCUT2D eigenvalue weighted by Gasteiger charge is 2.34. The van der Waals surface area contributed by atoms with Crippen LogP contribution in [0.2, 0.25) is 0 Å². The number of fused-ring (bicyclic) bond motifs is 6. The molecule has 15 nitrogen and oxygen atoms in total. The van der Waals surface area contributed by atoms with Gasteiger partial charge < -0.3 is 9.13 Å². The lowest BCUT2D eigenvalue weighted by atomic mass is 9.97. The van der Waals surface area contributed by atoms with Crippen molar-refractivity contribution in [2.45, 2.75) is 6.18 Å². The molecular weight excluding hydrogens is 1440 g/mol. The highest BCUT2D eigenvalue weighted by Crippen LogP contribution is 2.48. The number of para-hydroxylation sites is 1. The third-order valence-electron chi connectivity index (χ3n) is 20.6. The van der Waals surface area contributed by atoms with Crippen LogP contribution in [-0.2, 0) is 6.18 Å². The van der Waals surface area contributed by atoms with E-state index in [9.17, 15) is 0 Å². The number of halogens is 3. The molecule has 0 saturated carbocycles. The summed E-state index contributed by atoms with van der Waals surface area (Å²) in [4.78, 5) is 65.7. The molecule has 0 N–H and O–H groups in total. The second kappa shape index (κ2) is 29.0. The summed E-state index contributed by atoms with van der Waals surface area (Å²) in [5, 5.41) is 2.80. The van der Waals surface area contributed by atoms with Crippen LogP contribution in [0.15, 0.2) is 352 Å². The summed E-state index contributed by atoms with van der Waals surface area (Å²) in [5.74, 6) is 5.25. The molecule has 0 bridgehead atoms. The number of alkyl halides is 3. The molecule has 546 valence electrons. The predicted octanol–water partition coefficient (Wildman–Crippen LogP) is 23.9. The van der Waals surface area contributed by atoms with Crippen LogP contribution in [0, 0.1) is 6.57 Å². The maximum absolute atomic E-state index is 16.1. The molecule has 116 heavy (non-hydrogen) atoms. The zero-order chi connectivity index (χ0) is 77.8. The van der Waals surface area contributed by atoms with Crippen molar-refractivity contribution < 1.29 is 13.2 Å². The van der Waals surface area contributed by atoms with Gasteiger partial charge in [0, 0.05) is 93.9 Å². The highest BCUT2D eigenvalue weighted by atomic mass is 19.4. The van der Waals surface area contributed by atoms with Crippen molar-refractivity contribution in [3.8, 4) is 159 Å². The molecule has 0 aliphatic heterocycles. The average Bonchev–Trinajstić information content (AvgIpc) is 1.54. The van der Waals surface area contributed by atoms with E-state index in [1.807, 2.05) is 325 Å². The van der Waals surface area contributed by atoms with Gasteiger partial charge in [-0.1, -0.05) is 261 Å². The zero-order valence-corrected chi connectivity index (χ0v) is 61.3. The van der Waals surface area contributed by atoms with E-state index in [2.05, 4.69) is 4.85 Å². The quantitative estimate of drug-likeness (QED) is 0.0892. The fraction of sp³-hybridized carbons (Fsp3) is 0.0102. The molecule has 6 heterocycles. The summed E-state index contributed by atoms with van der Waals surface area (Å²) in [6, 6.07) is 111. The van der Waals surface area contributed by atoms with E-state index >= 15 is 13.2 Å². The molecule has 6 aromatic heterocycles. The Hall–Kier alpha value is -16.0. The van der Waals surface area contributed by atoms with E-state index < -0.39 is 11.7 Å². The molecule has 18 heteroatoms. The number of nitrogens with zero attached hydrogens (tertiary/aromatic N) is 15. The van der Waals surface area contributed by atoms with Crippen molar-refractivity contribution >= 4 is 49.3 Å². The van der Waals surface area contributed by atoms with Gasteiger partial charge in [0.2, 0.25) is 5.69 Å². The van der Waals surface area contributed by atoms with E-state index in [0.29, 0.717) is 153 Å². The van der Waals surface area contributed by atoms with E-state index in [1.165, 1.54) is 12.1 Å². The SMILES string of the molecule is [C-]#[N+]c1cccc(-c2cc(C(F)(F)F)ccc2-n2c3ccc(-c4nc(-c5ccccc5)nc(-c5ccccc5)n4)cc3c3cc(-c4nc(-c5ccccc5)nc(-c5ccccc5)n4)ccc32)c1-n1c2ccc(-c3nc(-c4ccccc4)nc(-c4ccccc4)n3)cc2c2cc(-c3nc(-c4ccccc4)nc(-c4ccccc4)n3)ccc21. The van der Waals surface area contributed by atoms with Gasteiger partial charge in [0.1, 0.15) is 0 Å². The number of rotatable bonds is 15. The summed E-state index contributed by atoms with van der Waals surface area (Å²) in [5.41, 5.74) is 11.8. The Kier molecular flexibility index (Phi) is 17.3. The maximum Gasteiger partial charge on any atom is 0.416 e. The smallest absolute Gasteiger partial charge is 0.318 e. The molecule has 0 amide bonds. The molecule has 0 spiro atoms. The molecule has 0 saturated heterocycles. The highest BCUT2D eigenvalue weighted by molar-refractivity contribution is 6.14. The van der Waals surface area contributed by atoms with Crippen LogP contribution in [0.1, 0.15) is 5.56 Å². The second-order valence-electron chi connectivity index (χ2n) is 27.8. The minimum atomic E-state index is -4.83. The van der Waals surface area contributed by atoms with Crippen molar-refractivity contribution in [3.05, 3.63) is 369 Å². The first-order valence-electron chi connectivity index (χ1n) is 37.4. The fourth-order valence-electron chi connectivity index (χ4n) is 15.1. The second-order valence-corrected chi connectivity index (χ2v) is 27.8. The first-order valence-corrected chi connectivity index (χ1v) is 37.4. The Morgan fingerprint density at radius 1 is 0.224 bits per heavy atom. The summed E-state index contributed by atoms with van der Waals surface area (Å²) in [6.45, 7) is 9.15. The van der Waals surface area contributed by atoms with Crippen molar-refractivity contribution in [1.82, 2.24) is 68.9 Å². The summed E-state index contributed by atoms with van der Waals surface area (Å²) >= 11 is 0. The third-order valence-corrected chi connectivity index (χ3v) is 20.6. The van der Waals surface area contributed by atoms with Crippen LogP contribution >= 0.6 is 0 Å². The molecular formula is C98H58F3N15. The summed E-state index contributed by atoms with van der Waals surface area (Å²) in [7, 11) is 0. The van der Waals surface area contributed by atoms with Gasteiger partial charge in [0.25, 0.3) is 0 Å². The van der Waals surface area contributed by atoms with E-state index in [-0.39, 0.29) is 11.3 Å². The van der Waals surface area contributed by atoms with Crippen molar-refractivity contribution in [3.63, 3.8) is 0 Å². The summed E-state index contributed by atoms with van der Waals surface area (Å²) < 4.78 is 52.2. The fourth-order valence-corrected chi connectivity index (χ4v) is 15.1. The van der Waals surface area contributed by atoms with Gasteiger partial charge in [-0.15, -0.1) is 0 Å². The van der Waals surface area contributed by atoms with E-state index in [1.54, 1.807) is 18.2 Å². The largest absolute Gasteiger partial charge is 0.416 e. The molecule has 0 radical (unpaired) electrons. The van der Waals surface area contributed by atoms with Crippen molar-refractivity contribution in [2.75, 3.05) is 0 Å². The summed E-state index contributed by atoms with van der Waals surface area (Å²) in [6.07, 6.45) is -4.83. The first-order chi connectivity index (χ1) is 57.0. The Labute approximate surface area is 661 Å². The van der Waals surface area contributed by atoms with Crippen LogP contribution in [0.4, 0.5) is 18.9 Å². The third kappa shape index (κ3) is 12.9. The number of hydrogen-bond donors (Lipinski definition) is 0. The molecule has 0 aliphatic carbocycles. The first kappa shape index (κ1) is 69.2. The van der Waals surface area contributed by atoms with Gasteiger partial charge in [-0.25, -0.2) is 64.7 Å². The van der Waals surface area contributed by atoms with Gasteiger partial charge in [0.15, 0.2) is 69.9 Å². The molecule has 20 rings (SSSR count). The lowest BCUT2D eigenvalue weighted by molar-refractivity contribution is -0.137. The van der Waals surface area contributed by atoms with Crippen molar-refractivity contribution in [1.29, 1.82) is 0 Å². The van der Waals surface area contributed by atoms with Gasteiger partial charge in [-0.05, 0) is 96.6 Å². The number of aromatic nitrogens is 14. The lowest BCUT2D eigenvalue weighted by Gasteiger charge is -2.21. The van der Waals surface area contributed by atoms with Crippen LogP contribution in [0.5, 0.6) is 0 Å². The van der Waals surface area contributed by atoms with Crippen LogP contribution in [-0.4, -0.2) is 68.9 Å². The Morgan fingerprint density at radius 2 is 0.466 bits per heavy atom. The van der Waals surface area contributed by atoms with Gasteiger partial charge in [-0.3, -0.25) is 0 Å². The monoisotopic (exact) mass is 1500 g/mol. The molecule has 0 unspecified atom stereocenters. The minimum Gasteiger partial charge on any atom is -0.318 e. The van der Waals surface area contributed by atoms with Gasteiger partial charge in [-0.2, -0.15) is 13.2 Å². The van der Waals surface area contributed by atoms with Crippen LogP contribution in [0.25, 0.3) is 208 Å². The molecule has 20 aromatic rings. The Morgan fingerprint density at radius 3 is 0.707 bits per heavy atom. The van der Waals surface area contributed by atoms with E-state index in [4.69, 9.17) is 66.4 Å². The number of hydrogen-bond acceptors (Lipinski definition) is 12. The van der Waals surface area contributed by atoms with Crippen molar-refractivity contribution in [2.24, 2.45) is 0 Å². The standard InChI is InChI=1S/C98H58F3N15/c1-102-79-44-26-43-73(85(79)116-83-52-47-70(96-111-90(64-35-18-6-19-36-64)105-91(112-96)65-37-20-7-21-38-65)57-76(83)77-58-71(48-53-84(77)116)97-113-92(66-39-22-8-23-40-66)106-93(114-97)67-41-24-9-25-42-67)78-59-72(98(99,100)101)49-54-82(78)115-80-50-45-68(94-107-86(60-27-10-2-11-28-60)103-87(108-94)61-29-12-3-13-30-61)55-74(80)75-56-69(46-51-81(75)115)95-109-88(62-31-14-4-15-32-62)104-89(110-95)63-33-16-5-17-34-63/h2-59H. The molecule has 0 atom stereocenters. The molecule has 14 aromatic carbocycles. The van der Waals surface area contributed by atoms with Gasteiger partial charge in [0.05, 0.1) is 45.6 Å². The molecule has 0 fully saturated rings. The lowest BCUT2D eigenvalue weighted by Crippen LogP contribution is -2.08. The Balaban J connectivity index is 0.837. The predicted molar refractivity (Wildman–Crippen MR) is 451 cm³/mol. The topological polar surface area (TPSA) is 169 Å². The zero-order valence-electron chi connectivity index (χ0n) is 61.3. The molecule has 0 aliphatic rings. The Bertz CT molecular complexity index is 6640.